The van der Waals surface area contributed by atoms with E-state index in [0.29, 0.717) is 0 Å². The van der Waals surface area contributed by atoms with Crippen molar-refractivity contribution in [3.8, 4) is 0 Å². The molecular weight excluding hydrogens is 128 g/mol. The first-order valence-electron chi connectivity index (χ1n) is 3.72. The Morgan fingerprint density at radius 2 is 2.40 bits per heavy atom. The van der Waals surface area contributed by atoms with Crippen molar-refractivity contribution in [1.29, 1.82) is 0 Å². The highest BCUT2D eigenvalue weighted by atomic mass is 16.2. The maximum atomic E-state index is 10.9. The average Bonchev–Trinajstić information content (AvgIpc) is 1.88. The Morgan fingerprint density at radius 3 is 2.80 bits per heavy atom. The molecule has 0 saturated carbocycles. The van der Waals surface area contributed by atoms with Crippen LogP contribution in [-0.2, 0) is 4.79 Å². The van der Waals surface area contributed by atoms with Crippen molar-refractivity contribution >= 4 is 5.91 Å². The Labute approximate surface area is 61.4 Å². The van der Waals surface area contributed by atoms with E-state index >= 15 is 0 Å². The van der Waals surface area contributed by atoms with Crippen molar-refractivity contribution in [2.24, 2.45) is 0 Å². The van der Waals surface area contributed by atoms with Crippen LogP contribution in [0.25, 0.3) is 0 Å². The maximum Gasteiger partial charge on any atom is 0.220 e. The highest BCUT2D eigenvalue weighted by Crippen LogP contribution is 2.02. The van der Waals surface area contributed by atoms with Crippen LogP contribution in [0.4, 0.5) is 0 Å². The van der Waals surface area contributed by atoms with E-state index in [1.165, 1.54) is 0 Å². The minimum absolute atomic E-state index is 0.166. The fraction of sp³-hybridized carbons (Fsp3) is 0.857. The molecule has 1 aliphatic heterocycles. The highest BCUT2D eigenvalue weighted by molar-refractivity contribution is 5.73. The van der Waals surface area contributed by atoms with Gasteiger partial charge in [0.15, 0.2) is 0 Å². The lowest BCUT2D eigenvalue weighted by Crippen LogP contribution is -2.51. The van der Waals surface area contributed by atoms with Gasteiger partial charge in [-0.1, -0.05) is 0 Å². The van der Waals surface area contributed by atoms with Gasteiger partial charge in [0, 0.05) is 13.5 Å². The Bertz CT molecular complexity index is 136. The van der Waals surface area contributed by atoms with E-state index in [0.717, 1.165) is 19.5 Å². The fourth-order valence-electron chi connectivity index (χ4n) is 1.29. The molecule has 1 N–H and O–H groups in total. The zero-order valence-electron chi connectivity index (χ0n) is 6.55. The van der Waals surface area contributed by atoms with E-state index in [1.54, 1.807) is 6.92 Å². The van der Waals surface area contributed by atoms with Crippen LogP contribution in [0.15, 0.2) is 0 Å². The fourth-order valence-corrected chi connectivity index (χ4v) is 1.29. The molecule has 1 aliphatic rings. The summed E-state index contributed by atoms with van der Waals surface area (Å²) in [6.45, 7) is 5.57. The molecule has 0 radical (unpaired) electrons. The van der Waals surface area contributed by atoms with Crippen LogP contribution in [0.3, 0.4) is 0 Å². The molecule has 1 amide bonds. The van der Waals surface area contributed by atoms with Gasteiger partial charge < -0.3 is 4.90 Å². The van der Waals surface area contributed by atoms with Crippen LogP contribution in [0.2, 0.25) is 0 Å². The lowest BCUT2D eigenvalue weighted by atomic mass is 10.2. The van der Waals surface area contributed by atoms with Gasteiger partial charge in [-0.15, -0.1) is 0 Å². The number of nitrogens with one attached hydrogen (secondary N) is 1. The van der Waals surface area contributed by atoms with E-state index in [1.807, 2.05) is 11.8 Å². The van der Waals surface area contributed by atoms with Gasteiger partial charge in [-0.05, 0) is 19.9 Å². The van der Waals surface area contributed by atoms with E-state index in [2.05, 4.69) is 5.32 Å². The molecule has 0 aromatic rings. The molecule has 3 heteroatoms. The minimum Gasteiger partial charge on any atom is -0.328 e. The third-order valence-electron chi connectivity index (χ3n) is 1.89. The highest BCUT2D eigenvalue weighted by Gasteiger charge is 2.18. The molecule has 1 saturated heterocycles. The second-order valence-corrected chi connectivity index (χ2v) is 2.70. The standard InChI is InChI=1S/C7H14N2O/c1-6-8-4-3-5-9(6)7(2)10/h6,8H,3-5H2,1-2H3. The van der Waals surface area contributed by atoms with Crippen molar-refractivity contribution < 1.29 is 4.79 Å². The SMILES string of the molecule is CC(=O)N1CCCNC1C. The molecular formula is C7H14N2O. The summed E-state index contributed by atoms with van der Waals surface area (Å²) in [4.78, 5) is 12.7. The van der Waals surface area contributed by atoms with E-state index < -0.39 is 0 Å². The van der Waals surface area contributed by atoms with Crippen molar-refractivity contribution in [2.45, 2.75) is 26.4 Å². The van der Waals surface area contributed by atoms with Crippen LogP contribution in [0, 0.1) is 0 Å². The molecule has 0 aromatic carbocycles. The number of hydrogen-bond acceptors (Lipinski definition) is 2. The van der Waals surface area contributed by atoms with Gasteiger partial charge in [-0.2, -0.15) is 0 Å². The van der Waals surface area contributed by atoms with Crippen molar-refractivity contribution in [1.82, 2.24) is 10.2 Å². The van der Waals surface area contributed by atoms with Gasteiger partial charge in [0.2, 0.25) is 5.91 Å². The number of rotatable bonds is 0. The summed E-state index contributed by atoms with van der Waals surface area (Å²) < 4.78 is 0. The quantitative estimate of drug-likeness (QED) is 0.523. The molecule has 1 heterocycles. The summed E-state index contributed by atoms with van der Waals surface area (Å²) in [5.74, 6) is 0.166. The van der Waals surface area contributed by atoms with Crippen molar-refractivity contribution in [2.75, 3.05) is 13.1 Å². The molecule has 1 fully saturated rings. The van der Waals surface area contributed by atoms with Gasteiger partial charge in [0.25, 0.3) is 0 Å². The van der Waals surface area contributed by atoms with Gasteiger partial charge in [0.05, 0.1) is 6.17 Å². The molecule has 0 spiro atoms. The van der Waals surface area contributed by atoms with E-state index in [4.69, 9.17) is 0 Å². The molecule has 1 rings (SSSR count). The van der Waals surface area contributed by atoms with E-state index in [-0.39, 0.29) is 12.1 Å². The Morgan fingerprint density at radius 1 is 1.70 bits per heavy atom. The summed E-state index contributed by atoms with van der Waals surface area (Å²) >= 11 is 0. The average molecular weight is 142 g/mol. The zero-order chi connectivity index (χ0) is 7.56. The van der Waals surface area contributed by atoms with Crippen LogP contribution in [0.5, 0.6) is 0 Å². The summed E-state index contributed by atoms with van der Waals surface area (Å²) in [6.07, 6.45) is 1.30. The maximum absolute atomic E-state index is 10.9. The monoisotopic (exact) mass is 142 g/mol. The lowest BCUT2D eigenvalue weighted by molar-refractivity contribution is -0.132. The molecule has 0 bridgehead atoms. The minimum atomic E-state index is 0.166. The van der Waals surface area contributed by atoms with Crippen LogP contribution < -0.4 is 5.32 Å². The predicted octanol–water partition coefficient (Wildman–Crippen LogP) is 0.174. The number of nitrogens with zero attached hydrogens (tertiary/aromatic N) is 1. The summed E-state index contributed by atoms with van der Waals surface area (Å²) in [5, 5.41) is 3.22. The first kappa shape index (κ1) is 7.54. The predicted molar refractivity (Wildman–Crippen MR) is 39.5 cm³/mol. The van der Waals surface area contributed by atoms with Gasteiger partial charge in [-0.25, -0.2) is 0 Å². The van der Waals surface area contributed by atoms with Gasteiger partial charge in [-0.3, -0.25) is 10.1 Å². The molecule has 10 heavy (non-hydrogen) atoms. The van der Waals surface area contributed by atoms with E-state index in [9.17, 15) is 4.79 Å². The van der Waals surface area contributed by atoms with Gasteiger partial charge >= 0.3 is 0 Å². The van der Waals surface area contributed by atoms with Crippen LogP contribution in [0.1, 0.15) is 20.3 Å². The Balaban J connectivity index is 2.47. The number of carbonyl (C=O) groups excluding carboxylic acids is 1. The number of hydrogen-bond donors (Lipinski definition) is 1. The Kier molecular flexibility index (Phi) is 2.27. The Hall–Kier alpha value is -0.570. The zero-order valence-corrected chi connectivity index (χ0v) is 6.55. The van der Waals surface area contributed by atoms with Crippen LogP contribution >= 0.6 is 0 Å². The molecule has 0 aliphatic carbocycles. The third kappa shape index (κ3) is 1.48. The molecule has 3 nitrogen and oxygen atoms in total. The first-order valence-corrected chi connectivity index (χ1v) is 3.72. The molecule has 0 aromatic heterocycles. The normalized spacial score (nSPS) is 26.6. The largest absolute Gasteiger partial charge is 0.328 e. The third-order valence-corrected chi connectivity index (χ3v) is 1.89. The molecule has 1 unspecified atom stereocenters. The second kappa shape index (κ2) is 3.01. The topological polar surface area (TPSA) is 32.3 Å². The second-order valence-electron chi connectivity index (χ2n) is 2.70. The molecule has 1 atom stereocenters. The number of amides is 1. The summed E-state index contributed by atoms with van der Waals surface area (Å²) in [6, 6.07) is 0. The first-order chi connectivity index (χ1) is 4.72. The summed E-state index contributed by atoms with van der Waals surface area (Å²) in [7, 11) is 0. The van der Waals surface area contributed by atoms with Crippen molar-refractivity contribution in [3.63, 3.8) is 0 Å². The lowest BCUT2D eigenvalue weighted by Gasteiger charge is -2.33. The van der Waals surface area contributed by atoms with Crippen LogP contribution in [-0.4, -0.2) is 30.1 Å². The van der Waals surface area contributed by atoms with Gasteiger partial charge in [0.1, 0.15) is 0 Å². The molecule has 58 valence electrons. The van der Waals surface area contributed by atoms with Crippen molar-refractivity contribution in [3.05, 3.63) is 0 Å². The summed E-state index contributed by atoms with van der Waals surface area (Å²) in [5.41, 5.74) is 0. The number of carbonyl (C=O) groups is 1. The smallest absolute Gasteiger partial charge is 0.220 e.